The Bertz CT molecular complexity index is 878. The molecule has 31 heavy (non-hydrogen) atoms. The van der Waals surface area contributed by atoms with E-state index in [4.69, 9.17) is 4.99 Å². The molecular formula is C22H34IN7O. The Morgan fingerprint density at radius 1 is 1.19 bits per heavy atom. The average molecular weight is 539 g/mol. The zero-order valence-electron chi connectivity index (χ0n) is 18.7. The molecule has 0 bridgehead atoms. The summed E-state index contributed by atoms with van der Waals surface area (Å²) >= 11 is 0. The van der Waals surface area contributed by atoms with E-state index in [9.17, 15) is 4.79 Å². The summed E-state index contributed by atoms with van der Waals surface area (Å²) in [6.45, 7) is 5.06. The molecule has 0 saturated carbocycles. The normalized spacial score (nSPS) is 13.6. The number of aliphatic imine (C=N–C) groups is 1. The number of aromatic nitrogens is 3. The highest BCUT2D eigenvalue weighted by atomic mass is 127. The first-order chi connectivity index (χ1) is 14.6. The molecular weight excluding hydrogens is 505 g/mol. The van der Waals surface area contributed by atoms with Crippen LogP contribution in [0.3, 0.4) is 0 Å². The van der Waals surface area contributed by atoms with Crippen molar-refractivity contribution in [2.24, 2.45) is 4.99 Å². The topological polar surface area (TPSA) is 87.4 Å². The van der Waals surface area contributed by atoms with Gasteiger partial charge in [-0.25, -0.2) is 4.99 Å². The Hall–Kier alpha value is -2.17. The van der Waals surface area contributed by atoms with E-state index in [1.165, 1.54) is 19.3 Å². The fourth-order valence-corrected chi connectivity index (χ4v) is 3.60. The molecule has 0 radical (unpaired) electrons. The van der Waals surface area contributed by atoms with Gasteiger partial charge in [0.1, 0.15) is 12.4 Å². The summed E-state index contributed by atoms with van der Waals surface area (Å²) in [5.41, 5.74) is 1.83. The minimum absolute atomic E-state index is 0. The number of fused-ring (bicyclic) bond motifs is 1. The molecule has 0 spiro atoms. The van der Waals surface area contributed by atoms with Gasteiger partial charge in [0.05, 0.1) is 0 Å². The predicted molar refractivity (Wildman–Crippen MR) is 134 cm³/mol. The van der Waals surface area contributed by atoms with Crippen LogP contribution >= 0.6 is 24.0 Å². The molecule has 0 saturated heterocycles. The number of guanidine groups is 1. The highest BCUT2D eigenvalue weighted by Crippen LogP contribution is 2.14. The number of aryl methyl sites for hydroxylation is 1. The van der Waals surface area contributed by atoms with Crippen molar-refractivity contribution in [3.63, 3.8) is 0 Å². The molecule has 0 aliphatic carbocycles. The number of nitrogens with one attached hydrogen (secondary N) is 2. The van der Waals surface area contributed by atoms with E-state index in [1.807, 2.05) is 24.3 Å². The van der Waals surface area contributed by atoms with E-state index in [2.05, 4.69) is 32.3 Å². The molecule has 0 atom stereocenters. The van der Waals surface area contributed by atoms with Crippen LogP contribution in [0.1, 0.15) is 53.8 Å². The van der Waals surface area contributed by atoms with E-state index in [1.54, 1.807) is 19.0 Å². The van der Waals surface area contributed by atoms with Crippen molar-refractivity contribution in [2.45, 2.75) is 52.1 Å². The molecule has 1 aliphatic rings. The lowest BCUT2D eigenvalue weighted by Gasteiger charge is -2.13. The van der Waals surface area contributed by atoms with Gasteiger partial charge in [0.25, 0.3) is 5.91 Å². The second-order valence-corrected chi connectivity index (χ2v) is 7.77. The number of nitrogens with zero attached hydrogens (tertiary/aromatic N) is 5. The molecule has 1 aromatic carbocycles. The number of carbonyl (C=O) groups is 1. The van der Waals surface area contributed by atoms with Gasteiger partial charge in [0.2, 0.25) is 0 Å². The molecule has 9 heteroatoms. The van der Waals surface area contributed by atoms with Crippen LogP contribution in [-0.4, -0.2) is 58.7 Å². The molecule has 170 valence electrons. The van der Waals surface area contributed by atoms with Gasteiger partial charge < -0.3 is 20.1 Å². The van der Waals surface area contributed by atoms with Gasteiger partial charge in [-0.1, -0.05) is 18.6 Å². The van der Waals surface area contributed by atoms with Crippen LogP contribution in [0.4, 0.5) is 0 Å². The molecule has 1 amide bonds. The predicted octanol–water partition coefficient (Wildman–Crippen LogP) is 2.62. The summed E-state index contributed by atoms with van der Waals surface area (Å²) in [6, 6.07) is 7.79. The molecule has 3 rings (SSSR count). The molecule has 0 fully saturated rings. The molecule has 2 N–H and O–H groups in total. The third kappa shape index (κ3) is 7.19. The van der Waals surface area contributed by atoms with Gasteiger partial charge in [0.15, 0.2) is 11.8 Å². The van der Waals surface area contributed by atoms with Crippen molar-refractivity contribution in [1.29, 1.82) is 0 Å². The second-order valence-electron chi connectivity index (χ2n) is 7.77. The Morgan fingerprint density at radius 3 is 2.81 bits per heavy atom. The number of carbonyl (C=O) groups excluding carboxylic acids is 1. The summed E-state index contributed by atoms with van der Waals surface area (Å²) in [6.07, 6.45) is 5.42. The number of benzene rings is 1. The molecule has 1 aromatic heterocycles. The van der Waals surface area contributed by atoms with Crippen LogP contribution in [0, 0.1) is 0 Å². The fraction of sp³-hybridized carbons (Fsp3) is 0.545. The van der Waals surface area contributed by atoms with Crippen molar-refractivity contribution in [3.05, 3.63) is 47.0 Å². The van der Waals surface area contributed by atoms with Crippen LogP contribution in [-0.2, 0) is 25.9 Å². The zero-order chi connectivity index (χ0) is 21.3. The zero-order valence-corrected chi connectivity index (χ0v) is 21.1. The lowest BCUT2D eigenvalue weighted by atomic mass is 10.1. The number of amides is 1. The highest BCUT2D eigenvalue weighted by molar-refractivity contribution is 14.0. The summed E-state index contributed by atoms with van der Waals surface area (Å²) in [5, 5.41) is 15.4. The lowest BCUT2D eigenvalue weighted by Crippen LogP contribution is -2.38. The third-order valence-electron chi connectivity index (χ3n) is 5.20. The number of hydrogen-bond acceptors (Lipinski definition) is 4. The SMILES string of the molecule is CCNC(=NCc1nnc2n1CCCCC2)NCCc1cccc(C(=O)N(C)C)c1.I. The summed E-state index contributed by atoms with van der Waals surface area (Å²) in [4.78, 5) is 18.5. The number of halogens is 1. The Morgan fingerprint density at radius 2 is 2.03 bits per heavy atom. The van der Waals surface area contributed by atoms with E-state index < -0.39 is 0 Å². The van der Waals surface area contributed by atoms with Gasteiger partial charge in [-0.3, -0.25) is 4.79 Å². The first-order valence-electron chi connectivity index (χ1n) is 10.8. The van der Waals surface area contributed by atoms with E-state index in [-0.39, 0.29) is 29.9 Å². The van der Waals surface area contributed by atoms with Crippen molar-refractivity contribution in [3.8, 4) is 0 Å². The van der Waals surface area contributed by atoms with Crippen molar-refractivity contribution < 1.29 is 4.79 Å². The highest BCUT2D eigenvalue weighted by Gasteiger charge is 2.14. The van der Waals surface area contributed by atoms with Gasteiger partial charge >= 0.3 is 0 Å². The van der Waals surface area contributed by atoms with Gasteiger partial charge in [-0.05, 0) is 43.9 Å². The molecule has 0 unspecified atom stereocenters. The van der Waals surface area contributed by atoms with Crippen LogP contribution in [0.25, 0.3) is 0 Å². The van der Waals surface area contributed by atoms with E-state index in [0.29, 0.717) is 12.1 Å². The molecule has 8 nitrogen and oxygen atoms in total. The summed E-state index contributed by atoms with van der Waals surface area (Å²) < 4.78 is 2.23. The number of hydrogen-bond donors (Lipinski definition) is 2. The molecule has 1 aliphatic heterocycles. The van der Waals surface area contributed by atoms with E-state index in [0.717, 1.165) is 55.6 Å². The van der Waals surface area contributed by atoms with Crippen LogP contribution in [0.5, 0.6) is 0 Å². The minimum atomic E-state index is 0. The van der Waals surface area contributed by atoms with Crippen molar-refractivity contribution in [2.75, 3.05) is 27.2 Å². The van der Waals surface area contributed by atoms with Crippen LogP contribution in [0.2, 0.25) is 0 Å². The molecule has 2 aromatic rings. The largest absolute Gasteiger partial charge is 0.357 e. The average Bonchev–Trinajstić information content (AvgIpc) is 2.97. The van der Waals surface area contributed by atoms with Crippen molar-refractivity contribution in [1.82, 2.24) is 30.3 Å². The second kappa shape index (κ2) is 12.6. The van der Waals surface area contributed by atoms with Gasteiger partial charge in [0, 0.05) is 45.7 Å². The minimum Gasteiger partial charge on any atom is -0.357 e. The standard InChI is InChI=1S/C22H33N7O.HI/c1-4-23-22(25-16-20-27-26-19-11-6-5-7-14-29(19)20)24-13-12-17-9-8-10-18(15-17)21(30)28(2)3;/h8-10,15H,4-7,11-14,16H2,1-3H3,(H2,23,24,25);1H. The van der Waals surface area contributed by atoms with Crippen molar-refractivity contribution >= 4 is 35.8 Å². The van der Waals surface area contributed by atoms with E-state index >= 15 is 0 Å². The summed E-state index contributed by atoms with van der Waals surface area (Å²) in [7, 11) is 3.54. The first-order valence-corrected chi connectivity index (χ1v) is 10.8. The monoisotopic (exact) mass is 539 g/mol. The maximum atomic E-state index is 12.2. The third-order valence-corrected chi connectivity index (χ3v) is 5.20. The maximum absolute atomic E-state index is 12.2. The fourth-order valence-electron chi connectivity index (χ4n) is 3.60. The smallest absolute Gasteiger partial charge is 0.253 e. The first kappa shape index (κ1) is 25.1. The summed E-state index contributed by atoms with van der Waals surface area (Å²) in [5.74, 6) is 2.80. The number of rotatable bonds is 7. The van der Waals surface area contributed by atoms with Crippen LogP contribution in [0.15, 0.2) is 29.3 Å². The van der Waals surface area contributed by atoms with Gasteiger partial charge in [-0.15, -0.1) is 34.2 Å². The Labute approximate surface area is 201 Å². The quantitative estimate of drug-likeness (QED) is 0.321. The van der Waals surface area contributed by atoms with Gasteiger partial charge in [-0.2, -0.15) is 0 Å². The maximum Gasteiger partial charge on any atom is 0.253 e. The Balaban J connectivity index is 0.00000341. The Kier molecular flexibility index (Phi) is 10.2. The molecule has 2 heterocycles. The lowest BCUT2D eigenvalue weighted by molar-refractivity contribution is 0.0827. The van der Waals surface area contributed by atoms with Crippen LogP contribution < -0.4 is 10.6 Å².